The number of rotatable bonds is 4. The molecule has 0 aliphatic heterocycles. The van der Waals surface area contributed by atoms with Gasteiger partial charge in [0.1, 0.15) is 11.5 Å². The highest BCUT2D eigenvalue weighted by molar-refractivity contribution is 6.22. The monoisotopic (exact) mass is 326 g/mol. The first-order valence-electron chi connectivity index (χ1n) is 7.84. The Labute approximate surface area is 141 Å². The van der Waals surface area contributed by atoms with Crippen molar-refractivity contribution < 1.29 is 15.0 Å². The summed E-state index contributed by atoms with van der Waals surface area (Å²) in [5, 5.41) is 20.4. The topological polar surface area (TPSA) is 64.0 Å². The average Bonchev–Trinajstić information content (AvgIpc) is 2.72. The summed E-state index contributed by atoms with van der Waals surface area (Å²) in [6.07, 6.45) is 0. The predicted molar refractivity (Wildman–Crippen MR) is 93.4 cm³/mol. The number of phenolic OH excluding ortho intramolecular Hbond substituents is 2. The van der Waals surface area contributed by atoms with Gasteiger partial charge in [-0.3, -0.25) is 4.79 Å². The maximum absolute atomic E-state index is 12.6. The Morgan fingerprint density at radius 1 is 0.708 bits per heavy atom. The maximum Gasteiger partial charge on any atom is 0.194 e. The van der Waals surface area contributed by atoms with Crippen LogP contribution in [0.25, 0.3) is 11.1 Å². The summed E-state index contributed by atoms with van der Waals surface area (Å²) in [5.74, 6) is 0.0982. The smallest absolute Gasteiger partial charge is 0.194 e. The van der Waals surface area contributed by atoms with Crippen LogP contribution >= 0.6 is 0 Å². The summed E-state index contributed by atoms with van der Waals surface area (Å²) < 4.78 is 0. The van der Waals surface area contributed by atoms with E-state index in [0.717, 1.165) is 22.3 Å². The van der Waals surface area contributed by atoms with Gasteiger partial charge in [-0.25, -0.2) is 0 Å². The van der Waals surface area contributed by atoms with Crippen molar-refractivity contribution in [3.8, 4) is 22.6 Å². The first-order valence-corrected chi connectivity index (χ1v) is 7.84. The lowest BCUT2D eigenvalue weighted by Crippen LogP contribution is -2.11. The molecule has 0 fully saturated rings. The van der Waals surface area contributed by atoms with Crippen LogP contribution in [0, 0.1) is 0 Å². The molecule has 0 saturated heterocycles. The second-order valence-electron chi connectivity index (χ2n) is 6.86. The third-order valence-electron chi connectivity index (χ3n) is 4.19. The predicted octanol–water partition coefficient (Wildman–Crippen LogP) is 2.43. The third-order valence-corrected chi connectivity index (χ3v) is 4.19. The van der Waals surface area contributed by atoms with Crippen LogP contribution in [0.1, 0.15) is 27.0 Å². The van der Waals surface area contributed by atoms with Gasteiger partial charge in [0.2, 0.25) is 0 Å². The SMILES string of the molecule is CN(C)Cc1cc2c(cc1O)C(=O)c1cc(O)c(CN(C)C)cc1-2. The zero-order chi connectivity index (χ0) is 17.6. The number of aromatic hydroxyl groups is 2. The van der Waals surface area contributed by atoms with Gasteiger partial charge < -0.3 is 20.0 Å². The Morgan fingerprint density at radius 3 is 1.42 bits per heavy atom. The fraction of sp³-hybridized carbons (Fsp3) is 0.316. The van der Waals surface area contributed by atoms with Crippen LogP contribution in [0.4, 0.5) is 0 Å². The lowest BCUT2D eigenvalue weighted by Gasteiger charge is -2.14. The highest BCUT2D eigenvalue weighted by Gasteiger charge is 2.29. The molecule has 0 saturated carbocycles. The highest BCUT2D eigenvalue weighted by atomic mass is 16.3. The number of carbonyl (C=O) groups excluding carboxylic acids is 1. The van der Waals surface area contributed by atoms with E-state index in [2.05, 4.69) is 0 Å². The van der Waals surface area contributed by atoms with Crippen LogP contribution in [0.5, 0.6) is 11.5 Å². The molecule has 0 bridgehead atoms. The van der Waals surface area contributed by atoms with Gasteiger partial charge in [-0.1, -0.05) is 0 Å². The molecule has 2 N–H and O–H groups in total. The van der Waals surface area contributed by atoms with Gasteiger partial charge >= 0.3 is 0 Å². The Kier molecular flexibility index (Phi) is 4.07. The fourth-order valence-electron chi connectivity index (χ4n) is 3.17. The van der Waals surface area contributed by atoms with Crippen molar-refractivity contribution in [2.24, 2.45) is 0 Å². The zero-order valence-corrected chi connectivity index (χ0v) is 14.4. The lowest BCUT2D eigenvalue weighted by atomic mass is 9.99. The van der Waals surface area contributed by atoms with Gasteiger partial charge in [0.15, 0.2) is 5.78 Å². The van der Waals surface area contributed by atoms with Crippen molar-refractivity contribution in [3.05, 3.63) is 46.5 Å². The van der Waals surface area contributed by atoms with E-state index in [-0.39, 0.29) is 17.3 Å². The van der Waals surface area contributed by atoms with Crippen LogP contribution in [-0.2, 0) is 13.1 Å². The fourth-order valence-corrected chi connectivity index (χ4v) is 3.17. The summed E-state index contributed by atoms with van der Waals surface area (Å²) in [5.41, 5.74) is 4.19. The molecule has 126 valence electrons. The number of ketones is 1. The van der Waals surface area contributed by atoms with Gasteiger partial charge in [0.25, 0.3) is 0 Å². The first-order chi connectivity index (χ1) is 11.3. The van der Waals surface area contributed by atoms with Gasteiger partial charge in [-0.05, 0) is 63.6 Å². The largest absolute Gasteiger partial charge is 0.508 e. The molecule has 0 atom stereocenters. The molecule has 0 radical (unpaired) electrons. The van der Waals surface area contributed by atoms with Crippen molar-refractivity contribution in [1.29, 1.82) is 0 Å². The zero-order valence-electron chi connectivity index (χ0n) is 14.4. The number of benzene rings is 2. The van der Waals surface area contributed by atoms with E-state index in [4.69, 9.17) is 0 Å². The molecule has 0 amide bonds. The van der Waals surface area contributed by atoms with Crippen molar-refractivity contribution in [2.75, 3.05) is 28.2 Å². The van der Waals surface area contributed by atoms with E-state index in [9.17, 15) is 15.0 Å². The van der Waals surface area contributed by atoms with E-state index < -0.39 is 0 Å². The molecule has 0 aromatic heterocycles. The quantitative estimate of drug-likeness (QED) is 0.771. The summed E-state index contributed by atoms with van der Waals surface area (Å²) in [6.45, 7) is 1.18. The molecule has 1 aliphatic rings. The summed E-state index contributed by atoms with van der Waals surface area (Å²) in [6, 6.07) is 6.84. The number of hydrogen-bond donors (Lipinski definition) is 2. The molecule has 0 spiro atoms. The van der Waals surface area contributed by atoms with Gasteiger partial charge in [0.05, 0.1) is 0 Å². The highest BCUT2D eigenvalue weighted by Crippen LogP contribution is 2.42. The standard InChI is InChI=1S/C19H22N2O3/c1-20(2)9-11-5-13-14-6-12(10-21(3)4)18(23)8-16(14)19(24)15(13)7-17(11)22/h5-8,22-23H,9-10H2,1-4H3. The summed E-state index contributed by atoms with van der Waals surface area (Å²) >= 11 is 0. The van der Waals surface area contributed by atoms with Crippen molar-refractivity contribution in [3.63, 3.8) is 0 Å². The summed E-state index contributed by atoms with van der Waals surface area (Å²) in [7, 11) is 7.72. The minimum absolute atomic E-state index is 0.126. The molecule has 3 rings (SSSR count). The Bertz CT molecular complexity index is 758. The normalized spacial score (nSPS) is 12.8. The van der Waals surface area contributed by atoms with E-state index in [0.29, 0.717) is 24.2 Å². The van der Waals surface area contributed by atoms with Gasteiger partial charge in [-0.2, -0.15) is 0 Å². The molecule has 24 heavy (non-hydrogen) atoms. The van der Waals surface area contributed by atoms with Crippen molar-refractivity contribution >= 4 is 5.78 Å². The molecule has 5 heteroatoms. The van der Waals surface area contributed by atoms with Crippen LogP contribution in [0.15, 0.2) is 24.3 Å². The molecular weight excluding hydrogens is 304 g/mol. The average molecular weight is 326 g/mol. The van der Waals surface area contributed by atoms with Gasteiger partial charge in [0, 0.05) is 35.3 Å². The second kappa shape index (κ2) is 5.92. The van der Waals surface area contributed by atoms with E-state index in [1.54, 1.807) is 12.1 Å². The summed E-state index contributed by atoms with van der Waals surface area (Å²) in [4.78, 5) is 16.5. The molecule has 1 aliphatic carbocycles. The molecule has 0 unspecified atom stereocenters. The van der Waals surface area contributed by atoms with Crippen molar-refractivity contribution in [2.45, 2.75) is 13.1 Å². The molecular formula is C19H22N2O3. The lowest BCUT2D eigenvalue weighted by molar-refractivity contribution is 0.104. The van der Waals surface area contributed by atoms with Gasteiger partial charge in [-0.15, -0.1) is 0 Å². The second-order valence-corrected chi connectivity index (χ2v) is 6.86. The van der Waals surface area contributed by atoms with E-state index in [1.807, 2.05) is 50.1 Å². The van der Waals surface area contributed by atoms with E-state index >= 15 is 0 Å². The van der Waals surface area contributed by atoms with E-state index in [1.165, 1.54) is 0 Å². The number of phenols is 2. The van der Waals surface area contributed by atoms with Crippen LogP contribution in [0.3, 0.4) is 0 Å². The Morgan fingerprint density at radius 2 is 1.08 bits per heavy atom. The maximum atomic E-state index is 12.6. The number of nitrogens with zero attached hydrogens (tertiary/aromatic N) is 2. The number of hydrogen-bond acceptors (Lipinski definition) is 5. The molecule has 5 nitrogen and oxygen atoms in total. The van der Waals surface area contributed by atoms with Crippen molar-refractivity contribution in [1.82, 2.24) is 9.80 Å². The Balaban J connectivity index is 2.16. The number of fused-ring (bicyclic) bond motifs is 3. The third kappa shape index (κ3) is 2.77. The van der Waals surface area contributed by atoms with Crippen LogP contribution < -0.4 is 0 Å². The number of carbonyl (C=O) groups is 1. The Hall–Kier alpha value is -2.37. The molecule has 2 aromatic rings. The van der Waals surface area contributed by atoms with Crippen LogP contribution in [-0.4, -0.2) is 54.0 Å². The minimum atomic E-state index is -0.154. The van der Waals surface area contributed by atoms with Crippen LogP contribution in [0.2, 0.25) is 0 Å². The first kappa shape index (κ1) is 16.5. The molecule has 2 aromatic carbocycles. The minimum Gasteiger partial charge on any atom is -0.508 e. The molecule has 0 heterocycles.